The van der Waals surface area contributed by atoms with E-state index in [0.717, 1.165) is 10.5 Å². The predicted octanol–water partition coefficient (Wildman–Crippen LogP) is 3.79. The van der Waals surface area contributed by atoms with Crippen LogP contribution < -0.4 is 10.6 Å². The van der Waals surface area contributed by atoms with Gasteiger partial charge in [0.2, 0.25) is 23.6 Å². The zero-order valence-corrected chi connectivity index (χ0v) is 42.8. The number of rotatable bonds is 28. The highest BCUT2D eigenvalue weighted by Gasteiger charge is 2.43. The number of aliphatic carboxylic acids is 2. The molecule has 382 valence electrons. The highest BCUT2D eigenvalue weighted by molar-refractivity contribution is 5.90. The summed E-state index contributed by atoms with van der Waals surface area (Å²) in [5.41, 5.74) is 0.732. The lowest BCUT2D eigenvalue weighted by Gasteiger charge is -2.41. The summed E-state index contributed by atoms with van der Waals surface area (Å²) in [6.07, 6.45) is 1.66. The summed E-state index contributed by atoms with van der Waals surface area (Å²) in [6.45, 7) is 16.4. The van der Waals surface area contributed by atoms with Crippen LogP contribution in [0.3, 0.4) is 0 Å². The molecule has 67 heavy (non-hydrogen) atoms. The Kier molecular flexibility index (Phi) is 27.6. The van der Waals surface area contributed by atoms with Gasteiger partial charge in [-0.1, -0.05) is 105 Å². The van der Waals surface area contributed by atoms with Crippen molar-refractivity contribution in [1.82, 2.24) is 30.2 Å². The third-order valence-corrected chi connectivity index (χ3v) is 12.2. The first-order chi connectivity index (χ1) is 31.5. The van der Waals surface area contributed by atoms with Crippen molar-refractivity contribution in [2.75, 3.05) is 68.1 Å². The number of likely N-dealkylation sites (tertiary alicyclic amines) is 1. The van der Waals surface area contributed by atoms with Crippen LogP contribution >= 0.6 is 0 Å². The fraction of sp³-hybridized carbons (Fsp3) is 0.735. The molecule has 9 atom stereocenters. The first-order valence-electron chi connectivity index (χ1n) is 23.8. The van der Waals surface area contributed by atoms with Crippen LogP contribution in [0.1, 0.15) is 100.0 Å². The summed E-state index contributed by atoms with van der Waals surface area (Å²) >= 11 is 0. The van der Waals surface area contributed by atoms with Crippen molar-refractivity contribution in [2.45, 2.75) is 143 Å². The summed E-state index contributed by atoms with van der Waals surface area (Å²) in [5.74, 6) is -5.70. The highest BCUT2D eigenvalue weighted by Crippen LogP contribution is 2.30. The van der Waals surface area contributed by atoms with E-state index in [2.05, 4.69) is 24.5 Å². The van der Waals surface area contributed by atoms with Gasteiger partial charge in [0, 0.05) is 40.8 Å². The van der Waals surface area contributed by atoms with Crippen molar-refractivity contribution in [3.8, 4) is 0 Å². The monoisotopic (exact) mass is 949 g/mol. The Morgan fingerprint density at radius 2 is 1.40 bits per heavy atom. The summed E-state index contributed by atoms with van der Waals surface area (Å²) in [5, 5.41) is 24.2. The smallest absolute Gasteiger partial charge is 0.329 e. The first kappa shape index (κ1) is 60.4. The second-order valence-electron chi connectivity index (χ2n) is 18.6. The first-order valence-corrected chi connectivity index (χ1v) is 23.8. The number of carboxylic acid groups (broad SMARTS) is 2. The van der Waals surface area contributed by atoms with Crippen molar-refractivity contribution in [1.29, 1.82) is 0 Å². The summed E-state index contributed by atoms with van der Waals surface area (Å²) < 4.78 is 17.4. The molecule has 1 aromatic carbocycles. The maximum Gasteiger partial charge on any atom is 0.329 e. The predicted molar refractivity (Wildman–Crippen MR) is 256 cm³/mol. The van der Waals surface area contributed by atoms with Gasteiger partial charge < -0.3 is 44.9 Å². The Labute approximate surface area is 399 Å². The molecule has 1 fully saturated rings. The Hall–Kier alpha value is -4.65. The van der Waals surface area contributed by atoms with Crippen LogP contribution in [-0.2, 0) is 54.2 Å². The molecule has 4 N–H and O–H groups in total. The Morgan fingerprint density at radius 1 is 0.821 bits per heavy atom. The minimum Gasteiger partial charge on any atom is -0.480 e. The second kappa shape index (κ2) is 30.7. The molecular weight excluding hydrogens is 865 g/mol. The van der Waals surface area contributed by atoms with Gasteiger partial charge in [0.15, 0.2) is 0 Å². The van der Waals surface area contributed by atoms with Crippen LogP contribution in [0.15, 0.2) is 30.3 Å². The SMILES string of the molecule is CCC.CCC(C)C(C(CC(=O)N1CCCC1C(OC)C(C)C(=O)NC(Cc1ccccc1)C(=O)OCCN(CC(=O)O)CC(=O)O)OC)N(C)C(=O)[C@@H](NC(=O)C(C(C)C)N(C)C)C(C)C. The van der Waals surface area contributed by atoms with Gasteiger partial charge in [-0.05, 0) is 50.3 Å². The molecule has 0 radical (unpaired) electrons. The molecule has 1 aliphatic heterocycles. The zero-order valence-electron chi connectivity index (χ0n) is 42.8. The van der Waals surface area contributed by atoms with Crippen LogP contribution in [-0.4, -0.2) is 182 Å². The van der Waals surface area contributed by atoms with Crippen molar-refractivity contribution >= 4 is 41.5 Å². The molecule has 1 aromatic rings. The third kappa shape index (κ3) is 19.5. The van der Waals surface area contributed by atoms with Crippen molar-refractivity contribution in [3.05, 3.63) is 35.9 Å². The minimum absolute atomic E-state index is 0.00740. The molecule has 4 amide bonds. The molecule has 18 nitrogen and oxygen atoms in total. The zero-order chi connectivity index (χ0) is 51.1. The molecule has 2 rings (SSSR count). The normalized spacial score (nSPS) is 17.3. The summed E-state index contributed by atoms with van der Waals surface area (Å²) in [6, 6.07) is 5.53. The number of carbonyl (C=O) groups is 7. The molecule has 0 saturated carbocycles. The third-order valence-electron chi connectivity index (χ3n) is 12.2. The average Bonchev–Trinajstić information content (AvgIpc) is 3.74. The Bertz CT molecular complexity index is 1670. The molecule has 8 unspecified atom stereocenters. The molecule has 0 spiro atoms. The number of carbonyl (C=O) groups excluding carboxylic acids is 5. The maximum atomic E-state index is 14.4. The lowest BCUT2D eigenvalue weighted by molar-refractivity contribution is -0.150. The van der Waals surface area contributed by atoms with E-state index in [-0.39, 0.29) is 61.5 Å². The molecule has 0 bridgehead atoms. The lowest BCUT2D eigenvalue weighted by Crippen LogP contribution is -2.59. The number of benzene rings is 1. The van der Waals surface area contributed by atoms with Crippen LogP contribution in [0, 0.1) is 23.7 Å². The van der Waals surface area contributed by atoms with Crippen LogP contribution in [0.2, 0.25) is 0 Å². The molecule has 1 aliphatic rings. The van der Waals surface area contributed by atoms with Crippen LogP contribution in [0.25, 0.3) is 0 Å². The largest absolute Gasteiger partial charge is 0.480 e. The van der Waals surface area contributed by atoms with Gasteiger partial charge in [-0.2, -0.15) is 0 Å². The van der Waals surface area contributed by atoms with Gasteiger partial charge in [-0.25, -0.2) is 4.79 Å². The standard InChI is InChI=1S/C46H76N6O12.C3H8/c1-13-30(6)41(50(10)45(60)39(28(2)3)48-44(59)40(29(4)5)49(8)9)35(62-11)25-36(53)52-21-17-20-34(52)42(63-12)31(7)43(58)47-33(24-32-18-15-14-16-19-32)46(61)64-23-22-51(26-37(54)55)27-38(56)57;1-3-2/h14-16,18-19,28-31,33-35,39-42H,13,17,20-27H2,1-12H3,(H,47,58)(H,48,59)(H,54,55)(H,56,57);3H2,1-2H3/t30?,31?,33?,34?,35?,39-,40?,41?,42?;/m0./s1. The van der Waals surface area contributed by atoms with E-state index in [4.69, 9.17) is 14.2 Å². The van der Waals surface area contributed by atoms with E-state index in [1.54, 1.807) is 48.0 Å². The fourth-order valence-corrected chi connectivity index (χ4v) is 8.73. The number of carboxylic acids is 2. The number of ether oxygens (including phenoxy) is 3. The van der Waals surface area contributed by atoms with Crippen LogP contribution in [0.4, 0.5) is 0 Å². The molecule has 18 heteroatoms. The summed E-state index contributed by atoms with van der Waals surface area (Å²) in [4.78, 5) is 98.4. The van der Waals surface area contributed by atoms with E-state index in [9.17, 15) is 43.8 Å². The van der Waals surface area contributed by atoms with Crippen molar-refractivity contribution < 1.29 is 58.0 Å². The van der Waals surface area contributed by atoms with Gasteiger partial charge in [0.1, 0.15) is 18.7 Å². The van der Waals surface area contributed by atoms with Crippen molar-refractivity contribution in [3.63, 3.8) is 0 Å². The highest BCUT2D eigenvalue weighted by atomic mass is 16.5. The Balaban J connectivity index is 0.00000727. The van der Waals surface area contributed by atoms with E-state index in [0.29, 0.717) is 25.8 Å². The minimum atomic E-state index is -1.24. The van der Waals surface area contributed by atoms with Gasteiger partial charge in [-0.15, -0.1) is 0 Å². The number of nitrogens with zero attached hydrogens (tertiary/aromatic N) is 4. The van der Waals surface area contributed by atoms with Gasteiger partial charge >= 0.3 is 17.9 Å². The molecule has 1 saturated heterocycles. The average molecular weight is 949 g/mol. The number of esters is 1. The number of amides is 4. The van der Waals surface area contributed by atoms with E-state index >= 15 is 0 Å². The second-order valence-corrected chi connectivity index (χ2v) is 18.6. The molecule has 1 heterocycles. The van der Waals surface area contributed by atoms with Crippen LogP contribution in [0.5, 0.6) is 0 Å². The van der Waals surface area contributed by atoms with Gasteiger partial charge in [0.25, 0.3) is 0 Å². The number of nitrogens with one attached hydrogen (secondary N) is 2. The van der Waals surface area contributed by atoms with Gasteiger partial charge in [0.05, 0.1) is 55.8 Å². The number of methoxy groups -OCH3 is 2. The maximum absolute atomic E-state index is 14.4. The van der Waals surface area contributed by atoms with Gasteiger partial charge in [-0.3, -0.25) is 38.6 Å². The topological polar surface area (TPSA) is 225 Å². The number of hydrogen-bond donors (Lipinski definition) is 4. The fourth-order valence-electron chi connectivity index (χ4n) is 8.73. The van der Waals surface area contributed by atoms with E-state index in [1.165, 1.54) is 20.6 Å². The number of likely N-dealkylation sites (N-methyl/N-ethyl adjacent to an activating group) is 2. The molecule has 0 aliphatic carbocycles. The number of hydrogen-bond acceptors (Lipinski definition) is 12. The Morgan fingerprint density at radius 3 is 1.88 bits per heavy atom. The van der Waals surface area contributed by atoms with E-state index < -0.39 is 85.2 Å². The van der Waals surface area contributed by atoms with Crippen molar-refractivity contribution in [2.24, 2.45) is 23.7 Å². The quantitative estimate of drug-likeness (QED) is 0.0878. The van der Waals surface area contributed by atoms with E-state index in [1.807, 2.05) is 66.6 Å². The molecule has 0 aromatic heterocycles. The molecular formula is C49H84N6O12. The lowest BCUT2D eigenvalue weighted by atomic mass is 9.89. The summed E-state index contributed by atoms with van der Waals surface area (Å²) in [7, 11) is 8.34.